The normalized spacial score (nSPS) is 13.1. The van der Waals surface area contributed by atoms with Gasteiger partial charge in [0.1, 0.15) is 0 Å². The molecule has 0 heterocycles. The van der Waals surface area contributed by atoms with Crippen LogP contribution in [0.25, 0.3) is 0 Å². The third-order valence-corrected chi connectivity index (χ3v) is 5.46. The molecule has 0 aliphatic rings. The molecular weight excluding hydrogens is 391 g/mol. The van der Waals surface area contributed by atoms with Crippen molar-refractivity contribution in [3.63, 3.8) is 0 Å². The minimum atomic E-state index is -4.31. The van der Waals surface area contributed by atoms with Gasteiger partial charge in [-0.2, -0.15) is 8.42 Å². The second-order valence-electron chi connectivity index (χ2n) is 8.45. The average molecular weight is 427 g/mol. The molecule has 0 aliphatic carbocycles. The fraction of sp³-hybridized carbons (Fsp3) is 0.700. The van der Waals surface area contributed by atoms with Crippen LogP contribution in [0.4, 0.5) is 0 Å². The van der Waals surface area contributed by atoms with Crippen LogP contribution in [0.5, 0.6) is 5.75 Å². The molecule has 1 aromatic carbocycles. The number of hydrogen-bond donors (Lipinski definition) is 0. The van der Waals surface area contributed by atoms with E-state index in [0.717, 1.165) is 12.0 Å². The molecule has 0 atom stereocenters. The van der Waals surface area contributed by atoms with Crippen LogP contribution in [0.15, 0.2) is 24.3 Å². The summed E-state index contributed by atoms with van der Waals surface area (Å²) >= 11 is 0. The van der Waals surface area contributed by atoms with Gasteiger partial charge in [0.2, 0.25) is 0 Å². The van der Waals surface area contributed by atoms with E-state index in [1.165, 1.54) is 6.92 Å². The Balaban J connectivity index is 0.00000729. The molecule has 6 nitrogen and oxygen atoms in total. The van der Waals surface area contributed by atoms with Crippen molar-refractivity contribution in [3.8, 4) is 5.75 Å². The Hall–Kier alpha value is -0.150. The molecule has 0 unspecified atom stereocenters. The second kappa shape index (κ2) is 10.8. The fourth-order valence-corrected chi connectivity index (χ4v) is 4.18. The predicted octanol–water partition coefficient (Wildman–Crippen LogP) is 4.14. The molecular formula is C20H35NaO6S. The van der Waals surface area contributed by atoms with Crippen molar-refractivity contribution in [2.45, 2.75) is 72.3 Å². The fourth-order valence-electron chi connectivity index (χ4n) is 3.37. The van der Waals surface area contributed by atoms with Gasteiger partial charge < -0.3 is 14.4 Å². The molecule has 1 aromatic rings. The van der Waals surface area contributed by atoms with Gasteiger partial charge in [-0.05, 0) is 37.2 Å². The Morgan fingerprint density at radius 2 is 1.39 bits per heavy atom. The molecule has 0 saturated heterocycles. The first-order valence-corrected chi connectivity index (χ1v) is 10.7. The van der Waals surface area contributed by atoms with Gasteiger partial charge >= 0.3 is 39.7 Å². The van der Waals surface area contributed by atoms with E-state index in [1.54, 1.807) is 26.0 Å². The molecule has 158 valence electrons. The standard InChI is InChI=1S/C20H34O6S.Na.H/c1-9-23-20(8,24-10-2)27(21,22)26-25-17-14-12-11-13-16(17)19(6,7)15-18(3,4)5;;/h11-14H,9-10,15H2,1-8H3;;. The summed E-state index contributed by atoms with van der Waals surface area (Å²) in [4.78, 5) is 5.29. The monoisotopic (exact) mass is 426 g/mol. The Bertz CT molecular complexity index is 704. The molecule has 1 rings (SSSR count). The number of ether oxygens (including phenoxy) is 2. The van der Waals surface area contributed by atoms with Gasteiger partial charge in [0.25, 0.3) is 5.12 Å². The van der Waals surface area contributed by atoms with Crippen LogP contribution in [0, 0.1) is 5.41 Å². The van der Waals surface area contributed by atoms with E-state index in [0.29, 0.717) is 5.75 Å². The Kier molecular flexibility index (Phi) is 10.7. The quantitative estimate of drug-likeness (QED) is 0.242. The van der Waals surface area contributed by atoms with Gasteiger partial charge in [0, 0.05) is 25.7 Å². The Morgan fingerprint density at radius 3 is 1.86 bits per heavy atom. The third kappa shape index (κ3) is 7.59. The zero-order valence-corrected chi connectivity index (χ0v) is 18.6. The van der Waals surface area contributed by atoms with E-state index in [2.05, 4.69) is 34.6 Å². The van der Waals surface area contributed by atoms with Gasteiger partial charge in [0.15, 0.2) is 5.75 Å². The molecule has 8 heteroatoms. The molecule has 0 fully saturated rings. The van der Waals surface area contributed by atoms with Gasteiger partial charge in [-0.15, -0.1) is 0 Å². The van der Waals surface area contributed by atoms with E-state index in [9.17, 15) is 8.42 Å². The summed E-state index contributed by atoms with van der Waals surface area (Å²) in [6, 6.07) is 7.27. The predicted molar refractivity (Wildman–Crippen MR) is 113 cm³/mol. The Labute approximate surface area is 192 Å². The SMILES string of the molecule is CCOC(C)(OCC)S(=O)(=O)OOc1ccccc1C(C)(C)CC(C)(C)C.[NaH]. The van der Waals surface area contributed by atoms with E-state index < -0.39 is 15.2 Å². The number of para-hydroxylation sites is 1. The van der Waals surface area contributed by atoms with Gasteiger partial charge in [-0.3, -0.25) is 0 Å². The maximum atomic E-state index is 12.6. The summed E-state index contributed by atoms with van der Waals surface area (Å²) in [6.45, 7) is 15.6. The van der Waals surface area contributed by atoms with Crippen LogP contribution in [-0.2, 0) is 29.3 Å². The van der Waals surface area contributed by atoms with Crippen LogP contribution in [0.2, 0.25) is 0 Å². The van der Waals surface area contributed by atoms with Crippen molar-refractivity contribution >= 4 is 39.7 Å². The van der Waals surface area contributed by atoms with Crippen molar-refractivity contribution < 1.29 is 27.1 Å². The number of hydrogen-bond acceptors (Lipinski definition) is 6. The molecule has 0 spiro atoms. The van der Waals surface area contributed by atoms with Crippen LogP contribution in [0.3, 0.4) is 0 Å². The van der Waals surface area contributed by atoms with Crippen LogP contribution in [-0.4, -0.2) is 56.3 Å². The molecule has 28 heavy (non-hydrogen) atoms. The van der Waals surface area contributed by atoms with Crippen molar-refractivity contribution in [2.24, 2.45) is 5.41 Å². The first kappa shape index (κ1) is 27.8. The van der Waals surface area contributed by atoms with Crippen LogP contribution >= 0.6 is 0 Å². The van der Waals surface area contributed by atoms with Gasteiger partial charge in [0.05, 0.1) is 0 Å². The zero-order valence-electron chi connectivity index (χ0n) is 17.8. The van der Waals surface area contributed by atoms with E-state index in [-0.39, 0.29) is 53.6 Å². The van der Waals surface area contributed by atoms with Crippen molar-refractivity contribution in [1.29, 1.82) is 0 Å². The zero-order chi connectivity index (χ0) is 20.9. The summed E-state index contributed by atoms with van der Waals surface area (Å²) in [6.07, 6.45) is 0.878. The molecule has 0 bridgehead atoms. The van der Waals surface area contributed by atoms with Crippen LogP contribution in [0.1, 0.15) is 67.4 Å². The van der Waals surface area contributed by atoms with Crippen molar-refractivity contribution in [3.05, 3.63) is 29.8 Å². The molecule has 0 aromatic heterocycles. The minimum absolute atomic E-state index is 0. The van der Waals surface area contributed by atoms with Crippen LogP contribution < -0.4 is 4.89 Å². The summed E-state index contributed by atoms with van der Waals surface area (Å²) in [7, 11) is -4.31. The second-order valence-corrected chi connectivity index (χ2v) is 10.2. The summed E-state index contributed by atoms with van der Waals surface area (Å²) in [5.74, 6) is 0.352. The molecule has 0 radical (unpaired) electrons. The first-order chi connectivity index (χ1) is 12.3. The summed E-state index contributed by atoms with van der Waals surface area (Å²) in [5.41, 5.74) is 0.710. The van der Waals surface area contributed by atoms with Gasteiger partial charge in [-0.1, -0.05) is 57.2 Å². The molecule has 0 amide bonds. The molecule has 0 saturated carbocycles. The first-order valence-electron chi connectivity index (χ1n) is 9.26. The van der Waals surface area contributed by atoms with Crippen molar-refractivity contribution in [2.75, 3.05) is 13.2 Å². The summed E-state index contributed by atoms with van der Waals surface area (Å²) < 4.78 is 40.6. The van der Waals surface area contributed by atoms with E-state index in [4.69, 9.17) is 18.7 Å². The van der Waals surface area contributed by atoms with Crippen molar-refractivity contribution in [1.82, 2.24) is 0 Å². The molecule has 0 N–H and O–H groups in total. The third-order valence-electron chi connectivity index (χ3n) is 4.07. The average Bonchev–Trinajstić information content (AvgIpc) is 2.51. The molecule has 0 aliphatic heterocycles. The number of rotatable bonds is 10. The van der Waals surface area contributed by atoms with E-state index >= 15 is 0 Å². The number of benzene rings is 1. The summed E-state index contributed by atoms with van der Waals surface area (Å²) in [5, 5.41) is -1.94. The topological polar surface area (TPSA) is 71.1 Å². The maximum absolute atomic E-state index is 12.6. The van der Waals surface area contributed by atoms with E-state index in [1.807, 2.05) is 12.1 Å². The van der Waals surface area contributed by atoms with Gasteiger partial charge in [-0.25, -0.2) is 0 Å². The Morgan fingerprint density at radius 1 is 0.893 bits per heavy atom.